The molecule has 1 amide bonds. The number of anilines is 1. The number of nitrogens with zero attached hydrogens (tertiary/aromatic N) is 4. The molecule has 1 N–H and O–H groups in total. The van der Waals surface area contributed by atoms with Gasteiger partial charge in [-0.15, -0.1) is 5.10 Å². The molecule has 2 rings (SSSR count). The fourth-order valence-corrected chi connectivity index (χ4v) is 2.45. The second-order valence-corrected chi connectivity index (χ2v) is 5.58. The number of hydrogen-bond acceptors (Lipinski definition) is 5. The van der Waals surface area contributed by atoms with E-state index in [-0.39, 0.29) is 11.8 Å². The normalized spacial score (nSPS) is 12.1. The molecule has 7 heteroatoms. The number of aromatic nitrogens is 4. The number of nitrogens with one attached hydrogen (secondary N) is 1. The Morgan fingerprint density at radius 2 is 2.29 bits per heavy atom. The van der Waals surface area contributed by atoms with Crippen LogP contribution >= 0.6 is 11.8 Å². The molecule has 0 spiro atoms. The maximum Gasteiger partial charge on any atom is 0.227 e. The Bertz CT molecular complexity index is 613. The lowest BCUT2D eigenvalue weighted by Gasteiger charge is -2.12. The molecule has 0 saturated carbocycles. The van der Waals surface area contributed by atoms with Gasteiger partial charge in [-0.25, -0.2) is 0 Å². The van der Waals surface area contributed by atoms with E-state index >= 15 is 0 Å². The molecule has 1 aromatic heterocycles. The fraction of sp³-hybridized carbons (Fsp3) is 0.429. The van der Waals surface area contributed by atoms with Gasteiger partial charge >= 0.3 is 0 Å². The topological polar surface area (TPSA) is 72.7 Å². The van der Waals surface area contributed by atoms with E-state index in [4.69, 9.17) is 0 Å². The van der Waals surface area contributed by atoms with Crippen molar-refractivity contribution in [1.82, 2.24) is 20.2 Å². The number of rotatable bonds is 6. The van der Waals surface area contributed by atoms with Crippen molar-refractivity contribution in [3.63, 3.8) is 0 Å². The number of carbonyl (C=O) groups is 1. The lowest BCUT2D eigenvalue weighted by Crippen LogP contribution is -2.20. The van der Waals surface area contributed by atoms with E-state index in [0.717, 1.165) is 24.2 Å². The summed E-state index contributed by atoms with van der Waals surface area (Å²) in [4.78, 5) is 12.1. The molecule has 1 atom stereocenters. The highest BCUT2D eigenvalue weighted by molar-refractivity contribution is 7.98. The first-order chi connectivity index (χ1) is 10.2. The van der Waals surface area contributed by atoms with Crippen molar-refractivity contribution < 1.29 is 4.79 Å². The van der Waals surface area contributed by atoms with Crippen LogP contribution in [0.3, 0.4) is 0 Å². The number of thioether (sulfide) groups is 1. The van der Waals surface area contributed by atoms with E-state index in [1.165, 1.54) is 11.8 Å². The first-order valence-corrected chi connectivity index (χ1v) is 8.11. The van der Waals surface area contributed by atoms with Crippen LogP contribution in [0.5, 0.6) is 0 Å². The summed E-state index contributed by atoms with van der Waals surface area (Å²) in [5.41, 5.74) is 1.58. The predicted octanol–water partition coefficient (Wildman–Crippen LogP) is 2.76. The summed E-state index contributed by atoms with van der Waals surface area (Å²) >= 11 is 1.47. The minimum atomic E-state index is 0.00783. The van der Waals surface area contributed by atoms with Crippen LogP contribution in [0.2, 0.25) is 0 Å². The lowest BCUT2D eigenvalue weighted by molar-refractivity contribution is -0.119. The summed E-state index contributed by atoms with van der Waals surface area (Å²) in [6.45, 7) is 4.02. The molecule has 1 heterocycles. The van der Waals surface area contributed by atoms with Gasteiger partial charge in [0, 0.05) is 11.6 Å². The zero-order valence-electron chi connectivity index (χ0n) is 12.4. The van der Waals surface area contributed by atoms with Gasteiger partial charge in [0.15, 0.2) is 0 Å². The van der Waals surface area contributed by atoms with Crippen LogP contribution < -0.4 is 5.32 Å². The molecule has 0 aliphatic carbocycles. The molecular formula is C14H19N5OS. The highest BCUT2D eigenvalue weighted by Crippen LogP contribution is 2.19. The Kier molecular flexibility index (Phi) is 5.32. The number of benzene rings is 1. The predicted molar refractivity (Wildman–Crippen MR) is 83.6 cm³/mol. The summed E-state index contributed by atoms with van der Waals surface area (Å²) in [5.74, 6) is 0.0456. The van der Waals surface area contributed by atoms with Crippen LogP contribution in [-0.4, -0.2) is 32.4 Å². The van der Waals surface area contributed by atoms with Crippen molar-refractivity contribution in [2.24, 2.45) is 5.92 Å². The first kappa shape index (κ1) is 15.5. The largest absolute Gasteiger partial charge is 0.326 e. The highest BCUT2D eigenvalue weighted by Gasteiger charge is 2.13. The summed E-state index contributed by atoms with van der Waals surface area (Å²) in [5, 5.41) is 15.2. The molecule has 0 fully saturated rings. The molecule has 6 nitrogen and oxygen atoms in total. The fourth-order valence-electron chi connectivity index (χ4n) is 2.01. The summed E-state index contributed by atoms with van der Waals surface area (Å²) in [7, 11) is 0. The molecule has 2 aromatic rings. The third-order valence-electron chi connectivity index (χ3n) is 3.15. The zero-order valence-corrected chi connectivity index (χ0v) is 13.2. The van der Waals surface area contributed by atoms with E-state index in [1.807, 2.05) is 37.4 Å². The second-order valence-electron chi connectivity index (χ2n) is 4.81. The van der Waals surface area contributed by atoms with Gasteiger partial charge in [-0.1, -0.05) is 38.1 Å². The molecule has 1 aromatic carbocycles. The molecular weight excluding hydrogens is 286 g/mol. The van der Waals surface area contributed by atoms with E-state index in [9.17, 15) is 4.79 Å². The number of hydrogen-bond donors (Lipinski definition) is 1. The maximum absolute atomic E-state index is 12.1. The minimum absolute atomic E-state index is 0.00783. The van der Waals surface area contributed by atoms with Gasteiger partial charge in [-0.3, -0.25) is 4.79 Å². The Hall–Kier alpha value is -1.89. The zero-order chi connectivity index (χ0) is 15.2. The van der Waals surface area contributed by atoms with Gasteiger partial charge in [-0.05, 0) is 41.3 Å². The van der Waals surface area contributed by atoms with Crippen LogP contribution in [0.25, 0.3) is 5.69 Å². The molecule has 0 aliphatic rings. The van der Waals surface area contributed by atoms with Gasteiger partial charge in [0.05, 0.1) is 5.69 Å². The Morgan fingerprint density at radius 3 is 3.00 bits per heavy atom. The SMILES string of the molecule is CCCC(C)C(=O)Nc1cccc(-n2nnnc2SC)c1. The monoisotopic (exact) mass is 305 g/mol. The third-order valence-corrected chi connectivity index (χ3v) is 3.77. The van der Waals surface area contributed by atoms with Gasteiger partial charge < -0.3 is 5.32 Å². The van der Waals surface area contributed by atoms with Crippen molar-refractivity contribution in [3.05, 3.63) is 24.3 Å². The van der Waals surface area contributed by atoms with Gasteiger partial charge in [0.1, 0.15) is 0 Å². The van der Waals surface area contributed by atoms with Gasteiger partial charge in [0.2, 0.25) is 11.1 Å². The molecule has 0 bridgehead atoms. The number of carbonyl (C=O) groups excluding carboxylic acids is 1. The molecule has 0 radical (unpaired) electrons. The van der Waals surface area contributed by atoms with Crippen LogP contribution in [0.1, 0.15) is 26.7 Å². The average Bonchev–Trinajstić information content (AvgIpc) is 2.96. The quantitative estimate of drug-likeness (QED) is 0.831. The molecule has 112 valence electrons. The Balaban J connectivity index is 2.17. The summed E-state index contributed by atoms with van der Waals surface area (Å²) in [6.07, 6.45) is 3.80. The highest BCUT2D eigenvalue weighted by atomic mass is 32.2. The van der Waals surface area contributed by atoms with Crippen molar-refractivity contribution in [3.8, 4) is 5.69 Å². The van der Waals surface area contributed by atoms with Crippen LogP contribution in [0, 0.1) is 5.92 Å². The minimum Gasteiger partial charge on any atom is -0.326 e. The summed E-state index contributed by atoms with van der Waals surface area (Å²) < 4.78 is 1.65. The molecule has 0 aliphatic heterocycles. The standard InChI is InChI=1S/C14H19N5OS/c1-4-6-10(2)13(20)15-11-7-5-8-12(9-11)19-14(21-3)16-17-18-19/h5,7-10H,4,6H2,1-3H3,(H,15,20). The van der Waals surface area contributed by atoms with Gasteiger partial charge in [0.25, 0.3) is 0 Å². The molecule has 21 heavy (non-hydrogen) atoms. The third kappa shape index (κ3) is 3.81. The van der Waals surface area contributed by atoms with Crippen LogP contribution in [0.4, 0.5) is 5.69 Å². The lowest BCUT2D eigenvalue weighted by atomic mass is 10.1. The Labute approximate surface area is 128 Å². The van der Waals surface area contributed by atoms with Crippen molar-refractivity contribution in [2.75, 3.05) is 11.6 Å². The van der Waals surface area contributed by atoms with Crippen molar-refractivity contribution >= 4 is 23.4 Å². The molecule has 1 unspecified atom stereocenters. The average molecular weight is 305 g/mol. The first-order valence-electron chi connectivity index (χ1n) is 6.89. The second kappa shape index (κ2) is 7.21. The van der Waals surface area contributed by atoms with Crippen molar-refractivity contribution in [1.29, 1.82) is 0 Å². The van der Waals surface area contributed by atoms with Crippen LogP contribution in [-0.2, 0) is 4.79 Å². The van der Waals surface area contributed by atoms with Crippen molar-refractivity contribution in [2.45, 2.75) is 31.8 Å². The smallest absolute Gasteiger partial charge is 0.227 e. The van der Waals surface area contributed by atoms with E-state index in [2.05, 4.69) is 27.8 Å². The number of tetrazole rings is 1. The summed E-state index contributed by atoms with van der Waals surface area (Å²) in [6, 6.07) is 7.51. The van der Waals surface area contributed by atoms with Gasteiger partial charge in [-0.2, -0.15) is 4.68 Å². The number of amides is 1. The van der Waals surface area contributed by atoms with E-state index < -0.39 is 0 Å². The van der Waals surface area contributed by atoms with E-state index in [1.54, 1.807) is 4.68 Å². The Morgan fingerprint density at radius 1 is 1.48 bits per heavy atom. The van der Waals surface area contributed by atoms with Crippen LogP contribution in [0.15, 0.2) is 29.4 Å². The maximum atomic E-state index is 12.1. The molecule has 0 saturated heterocycles. The van der Waals surface area contributed by atoms with E-state index in [0.29, 0.717) is 5.16 Å².